The number of fused-ring (bicyclic) bond motifs is 2. The molecular formula is C52H49N7O13S. The van der Waals surface area contributed by atoms with Crippen molar-refractivity contribution in [2.45, 2.75) is 41.8 Å². The van der Waals surface area contributed by atoms with Gasteiger partial charge in [0.25, 0.3) is 5.56 Å². The SMILES string of the molecule is COc1ccc(C(OC[C@H]2O[C@@H](n3cnc4c(=O)[nH]c(NC(=O)CCNC(=O)Oc5cn(C(=O)OCCS(=O)(=O)c6ccccc6)c6ccccc56)nc43)C[C@H]2O)(c2ccccc2)c2ccc(OC)cc2)cc1. The second kappa shape index (κ2) is 21.5. The van der Waals surface area contributed by atoms with Crippen LogP contribution in [0, 0.1) is 0 Å². The highest BCUT2D eigenvalue weighted by Crippen LogP contribution is 2.43. The van der Waals surface area contributed by atoms with Crippen LogP contribution < -0.4 is 30.4 Å². The molecule has 3 aromatic heterocycles. The van der Waals surface area contributed by atoms with Crippen molar-refractivity contribution < 1.29 is 56.3 Å². The molecule has 376 valence electrons. The highest BCUT2D eigenvalue weighted by atomic mass is 32.2. The maximum atomic E-state index is 13.2. The summed E-state index contributed by atoms with van der Waals surface area (Å²) in [5.74, 6) is 0.0551. The zero-order chi connectivity index (χ0) is 51.1. The van der Waals surface area contributed by atoms with E-state index in [-0.39, 0.29) is 53.8 Å². The Hall–Kier alpha value is -8.37. The number of carbonyl (C=O) groups is 3. The average molecular weight is 1010 g/mol. The zero-order valence-electron chi connectivity index (χ0n) is 39.4. The summed E-state index contributed by atoms with van der Waals surface area (Å²) in [6, 6.07) is 39.1. The Bertz CT molecular complexity index is 3370. The number of methoxy groups -OCH3 is 2. The first kappa shape index (κ1) is 49.6. The molecule has 0 radical (unpaired) electrons. The van der Waals surface area contributed by atoms with Gasteiger partial charge in [-0.15, -0.1) is 0 Å². The zero-order valence-corrected chi connectivity index (χ0v) is 40.2. The Morgan fingerprint density at radius 2 is 1.48 bits per heavy atom. The van der Waals surface area contributed by atoms with E-state index < -0.39 is 69.9 Å². The number of para-hydroxylation sites is 1. The van der Waals surface area contributed by atoms with Gasteiger partial charge < -0.3 is 38.8 Å². The number of hydrogen-bond acceptors (Lipinski definition) is 15. The Kier molecular flexibility index (Phi) is 14.6. The first-order valence-corrected chi connectivity index (χ1v) is 24.6. The van der Waals surface area contributed by atoms with Crippen molar-refractivity contribution in [3.63, 3.8) is 0 Å². The number of nitrogens with zero attached hydrogens (tertiary/aromatic N) is 4. The van der Waals surface area contributed by atoms with Gasteiger partial charge in [0.2, 0.25) is 11.9 Å². The molecule has 4 heterocycles. The van der Waals surface area contributed by atoms with Crippen molar-refractivity contribution in [1.82, 2.24) is 29.4 Å². The summed E-state index contributed by atoms with van der Waals surface area (Å²) in [5.41, 5.74) is 0.952. The van der Waals surface area contributed by atoms with Crippen LogP contribution in [-0.2, 0) is 34.4 Å². The van der Waals surface area contributed by atoms with E-state index in [9.17, 15) is 32.7 Å². The lowest BCUT2D eigenvalue weighted by atomic mass is 9.80. The molecule has 3 atom stereocenters. The summed E-state index contributed by atoms with van der Waals surface area (Å²) in [6.07, 6.45) is -2.09. The Morgan fingerprint density at radius 3 is 2.15 bits per heavy atom. The van der Waals surface area contributed by atoms with Gasteiger partial charge in [-0.2, -0.15) is 4.98 Å². The summed E-state index contributed by atoms with van der Waals surface area (Å²) in [5, 5.41) is 16.9. The van der Waals surface area contributed by atoms with E-state index in [1.54, 1.807) is 56.7 Å². The molecule has 9 rings (SSSR count). The summed E-state index contributed by atoms with van der Waals surface area (Å²) in [7, 11) is -0.520. The molecule has 2 amide bonds. The number of rotatable bonds is 18. The lowest BCUT2D eigenvalue weighted by molar-refractivity contribution is -0.116. The number of sulfone groups is 1. The van der Waals surface area contributed by atoms with E-state index in [1.807, 2.05) is 78.9 Å². The van der Waals surface area contributed by atoms with Crippen LogP contribution in [-0.4, -0.2) is 108 Å². The molecule has 0 saturated carbocycles. The molecule has 0 unspecified atom stereocenters. The molecule has 1 fully saturated rings. The van der Waals surface area contributed by atoms with Gasteiger partial charge in [-0.1, -0.05) is 84.9 Å². The smallest absolute Gasteiger partial charge is 0.418 e. The molecular weight excluding hydrogens is 963 g/mol. The third-order valence-corrected chi connectivity index (χ3v) is 13.9. The molecule has 73 heavy (non-hydrogen) atoms. The summed E-state index contributed by atoms with van der Waals surface area (Å²) < 4.78 is 63.0. The number of aliphatic hydroxyl groups excluding tert-OH is 1. The van der Waals surface area contributed by atoms with Crippen molar-refractivity contribution in [3.8, 4) is 17.2 Å². The predicted octanol–water partition coefficient (Wildman–Crippen LogP) is 6.32. The fourth-order valence-electron chi connectivity index (χ4n) is 8.56. The van der Waals surface area contributed by atoms with Gasteiger partial charge in [-0.25, -0.2) is 27.6 Å². The van der Waals surface area contributed by atoms with E-state index >= 15 is 0 Å². The first-order chi connectivity index (χ1) is 35.4. The number of aromatic nitrogens is 5. The number of anilines is 1. The highest BCUT2D eigenvalue weighted by molar-refractivity contribution is 7.91. The summed E-state index contributed by atoms with van der Waals surface area (Å²) in [4.78, 5) is 63.6. The lowest BCUT2D eigenvalue weighted by Crippen LogP contribution is -2.38. The quantitative estimate of drug-likeness (QED) is 0.0686. The highest BCUT2D eigenvalue weighted by Gasteiger charge is 2.42. The van der Waals surface area contributed by atoms with E-state index in [0.29, 0.717) is 22.4 Å². The standard InChI is InChI=1S/C52H49N7O13S/c1-67-36-21-17-34(18-22-36)52(33-11-5-3-6-12-33,35-19-23-37(68-2)24-20-35)70-31-43-41(60)29-45(71-43)59-32-54-46-47(59)56-49(57-48(46)62)55-44(61)25-26-53-50(63)72-42-30-58(40-16-10-9-15-39(40)42)51(64)69-27-28-73(65,66)38-13-7-4-8-14-38/h3-24,30,32,41,43,45,60H,25-29,31H2,1-2H3,(H,53,63)(H2,55,56,57,61,62)/t41-,43-,45-/m1/s1. The molecule has 5 aromatic carbocycles. The number of carbonyl (C=O) groups excluding carboxylic acids is 3. The van der Waals surface area contributed by atoms with Gasteiger partial charge in [-0.05, 0) is 65.2 Å². The second-order valence-corrected chi connectivity index (χ2v) is 18.8. The molecule has 0 spiro atoms. The van der Waals surface area contributed by atoms with Gasteiger partial charge in [0.15, 0.2) is 26.8 Å². The van der Waals surface area contributed by atoms with Gasteiger partial charge >= 0.3 is 12.2 Å². The Morgan fingerprint density at radius 1 is 0.849 bits per heavy atom. The van der Waals surface area contributed by atoms with Gasteiger partial charge in [0.05, 0.1) is 55.6 Å². The van der Waals surface area contributed by atoms with Crippen molar-refractivity contribution in [1.29, 1.82) is 0 Å². The minimum atomic E-state index is -3.70. The number of ether oxygens (including phenoxy) is 6. The van der Waals surface area contributed by atoms with Crippen LogP contribution >= 0.6 is 0 Å². The molecule has 0 bridgehead atoms. The number of amides is 2. The Balaban J connectivity index is 0.831. The van der Waals surface area contributed by atoms with Crippen molar-refractivity contribution in [3.05, 3.63) is 173 Å². The minimum absolute atomic E-state index is 0.00174. The molecule has 21 heteroatoms. The van der Waals surface area contributed by atoms with Crippen molar-refractivity contribution in [2.75, 3.05) is 45.0 Å². The van der Waals surface area contributed by atoms with Crippen LogP contribution in [0.3, 0.4) is 0 Å². The number of aromatic amines is 1. The fraction of sp³-hybridized carbons (Fsp3) is 0.231. The monoisotopic (exact) mass is 1010 g/mol. The minimum Gasteiger partial charge on any atom is -0.497 e. The van der Waals surface area contributed by atoms with Crippen molar-refractivity contribution in [2.24, 2.45) is 0 Å². The van der Waals surface area contributed by atoms with Gasteiger partial charge in [0, 0.05) is 24.8 Å². The molecule has 20 nitrogen and oxygen atoms in total. The van der Waals surface area contributed by atoms with E-state index in [0.717, 1.165) is 21.3 Å². The number of aliphatic hydroxyl groups is 1. The Labute approximate surface area is 417 Å². The number of benzene rings is 5. The number of nitrogens with one attached hydrogen (secondary N) is 3. The van der Waals surface area contributed by atoms with Crippen LogP contribution in [0.5, 0.6) is 17.2 Å². The van der Waals surface area contributed by atoms with Crippen molar-refractivity contribution >= 4 is 55.9 Å². The van der Waals surface area contributed by atoms with Crippen LogP contribution in [0.15, 0.2) is 156 Å². The second-order valence-electron chi connectivity index (χ2n) is 16.7. The normalized spacial score (nSPS) is 15.7. The average Bonchev–Trinajstić information content (AvgIpc) is 4.12. The topological polar surface area (TPSA) is 254 Å². The molecule has 1 aliphatic rings. The number of hydrogen-bond donors (Lipinski definition) is 4. The maximum Gasteiger partial charge on any atom is 0.418 e. The van der Waals surface area contributed by atoms with E-state index in [2.05, 4.69) is 25.6 Å². The molecule has 1 aliphatic heterocycles. The first-order valence-electron chi connectivity index (χ1n) is 23.0. The molecule has 0 aliphatic carbocycles. The van der Waals surface area contributed by atoms with Crippen LogP contribution in [0.2, 0.25) is 0 Å². The number of H-pyrrole nitrogens is 1. The van der Waals surface area contributed by atoms with E-state index in [4.69, 9.17) is 28.4 Å². The number of imidazole rings is 1. The fourth-order valence-corrected chi connectivity index (χ4v) is 9.67. The molecule has 8 aromatic rings. The van der Waals surface area contributed by atoms with E-state index in [1.165, 1.54) is 29.2 Å². The lowest BCUT2D eigenvalue weighted by Gasteiger charge is -2.37. The molecule has 1 saturated heterocycles. The summed E-state index contributed by atoms with van der Waals surface area (Å²) >= 11 is 0. The van der Waals surface area contributed by atoms with Crippen LogP contribution in [0.1, 0.15) is 35.8 Å². The largest absolute Gasteiger partial charge is 0.497 e. The van der Waals surface area contributed by atoms with Gasteiger partial charge in [0.1, 0.15) is 36.0 Å². The molecule has 4 N–H and O–H groups in total. The summed E-state index contributed by atoms with van der Waals surface area (Å²) in [6.45, 7) is -0.697. The van der Waals surface area contributed by atoms with Crippen LogP contribution in [0.4, 0.5) is 15.5 Å². The van der Waals surface area contributed by atoms with Crippen LogP contribution in [0.25, 0.3) is 22.1 Å². The third kappa shape index (κ3) is 10.7. The predicted molar refractivity (Wildman–Crippen MR) is 265 cm³/mol. The maximum absolute atomic E-state index is 13.2. The van der Waals surface area contributed by atoms with Gasteiger partial charge in [-0.3, -0.25) is 24.5 Å². The third-order valence-electron chi connectivity index (χ3n) is 12.2.